The maximum atomic E-state index is 3.63. The lowest BCUT2D eigenvalue weighted by molar-refractivity contribution is 0.636. The molecule has 0 spiro atoms. The van der Waals surface area contributed by atoms with E-state index in [1.807, 2.05) is 0 Å². The summed E-state index contributed by atoms with van der Waals surface area (Å²) in [6, 6.07) is 14.8. The number of hydrogen-bond acceptors (Lipinski definition) is 1. The molecule has 0 atom stereocenters. The largest absolute Gasteiger partial charge is 0.378 e. The Hall–Kier alpha value is -1.96. The maximum Gasteiger partial charge on any atom is 0.0695 e. The third kappa shape index (κ3) is 1.74. The van der Waals surface area contributed by atoms with Crippen LogP contribution in [0.15, 0.2) is 48.7 Å². The quantitative estimate of drug-likeness (QED) is 0.668. The summed E-state index contributed by atoms with van der Waals surface area (Å²) in [7, 11) is 0. The molecule has 0 aliphatic rings. The predicted octanol–water partition coefficient (Wildman–Crippen LogP) is 4.30. The first kappa shape index (κ1) is 11.1. The minimum Gasteiger partial charge on any atom is -0.378 e. The molecule has 18 heavy (non-hydrogen) atoms. The van der Waals surface area contributed by atoms with Crippen molar-refractivity contribution >= 4 is 22.1 Å². The molecule has 0 saturated carbocycles. The van der Waals surface area contributed by atoms with Crippen molar-refractivity contribution < 1.29 is 0 Å². The van der Waals surface area contributed by atoms with Crippen LogP contribution in [0.5, 0.6) is 0 Å². The molecular formula is C16H18N2. The second kappa shape index (κ2) is 3.77. The number of hydrogen-bond donors (Lipinski definition) is 1. The first-order chi connectivity index (χ1) is 8.56. The molecule has 0 unspecified atom stereocenters. The highest BCUT2D eigenvalue weighted by Gasteiger charge is 2.16. The molecule has 2 heterocycles. The van der Waals surface area contributed by atoms with Crippen LogP contribution >= 0.6 is 0 Å². The van der Waals surface area contributed by atoms with Gasteiger partial charge in [-0.3, -0.25) is 0 Å². The van der Waals surface area contributed by atoms with E-state index in [9.17, 15) is 0 Å². The number of aromatic nitrogens is 1. The number of anilines is 1. The van der Waals surface area contributed by atoms with Gasteiger partial charge in [0.05, 0.1) is 16.7 Å². The topological polar surface area (TPSA) is 16.4 Å². The fourth-order valence-electron chi connectivity index (χ4n) is 2.40. The van der Waals surface area contributed by atoms with Crippen LogP contribution in [0, 0.1) is 0 Å². The predicted molar refractivity (Wildman–Crippen MR) is 78.3 cm³/mol. The zero-order chi connectivity index (χ0) is 12.8. The third-order valence-corrected chi connectivity index (χ3v) is 3.05. The van der Waals surface area contributed by atoms with Crippen LogP contribution in [0.2, 0.25) is 0 Å². The molecule has 3 rings (SSSR count). The lowest BCUT2D eigenvalue weighted by atomic mass is 10.1. The van der Waals surface area contributed by atoms with Crippen LogP contribution in [0.25, 0.3) is 16.4 Å². The van der Waals surface area contributed by atoms with Gasteiger partial charge in [0.1, 0.15) is 0 Å². The summed E-state index contributed by atoms with van der Waals surface area (Å²) in [5.41, 5.74) is 3.76. The van der Waals surface area contributed by atoms with Crippen molar-refractivity contribution in [2.75, 3.05) is 5.32 Å². The first-order valence-electron chi connectivity index (χ1n) is 6.32. The highest BCUT2D eigenvalue weighted by molar-refractivity contribution is 6.03. The molecule has 0 saturated heterocycles. The van der Waals surface area contributed by atoms with Gasteiger partial charge in [0.15, 0.2) is 0 Å². The van der Waals surface area contributed by atoms with E-state index in [1.54, 1.807) is 0 Å². The van der Waals surface area contributed by atoms with E-state index in [2.05, 4.69) is 79.2 Å². The Balaban J connectivity index is 2.38. The van der Waals surface area contributed by atoms with Gasteiger partial charge in [-0.05, 0) is 39.0 Å². The van der Waals surface area contributed by atoms with E-state index >= 15 is 0 Å². The average Bonchev–Trinajstić information content (AvgIpc) is 2.64. The van der Waals surface area contributed by atoms with Gasteiger partial charge in [-0.1, -0.05) is 24.3 Å². The summed E-state index contributed by atoms with van der Waals surface area (Å²) >= 11 is 0. The van der Waals surface area contributed by atoms with Crippen molar-refractivity contribution in [1.82, 2.24) is 4.40 Å². The van der Waals surface area contributed by atoms with Gasteiger partial charge in [-0.2, -0.15) is 0 Å². The Kier molecular flexibility index (Phi) is 2.34. The summed E-state index contributed by atoms with van der Waals surface area (Å²) in [5.74, 6) is 0. The number of nitrogens with one attached hydrogen (secondary N) is 1. The van der Waals surface area contributed by atoms with E-state index in [0.717, 1.165) is 0 Å². The molecule has 0 fully saturated rings. The monoisotopic (exact) mass is 238 g/mol. The summed E-state index contributed by atoms with van der Waals surface area (Å²) in [5, 5.41) is 4.90. The van der Waals surface area contributed by atoms with Crippen molar-refractivity contribution in [3.63, 3.8) is 0 Å². The van der Waals surface area contributed by atoms with Gasteiger partial charge in [0.25, 0.3) is 0 Å². The average molecular weight is 238 g/mol. The highest BCUT2D eigenvalue weighted by atomic mass is 15.0. The Bertz CT molecular complexity index is 649. The standard InChI is InChI=1S/C16H18N2/c1-16(2,3)17-15-12-8-4-5-9-13(12)18-11-7-6-10-14(15)18/h4-11,17H,1-3H3. The zero-order valence-electron chi connectivity index (χ0n) is 11.1. The van der Waals surface area contributed by atoms with Gasteiger partial charge in [0, 0.05) is 17.1 Å². The molecular weight excluding hydrogens is 220 g/mol. The molecule has 0 amide bonds. The van der Waals surface area contributed by atoms with Crippen LogP contribution in [-0.4, -0.2) is 9.94 Å². The zero-order valence-corrected chi connectivity index (χ0v) is 11.1. The Labute approximate surface area is 107 Å². The van der Waals surface area contributed by atoms with Crippen molar-refractivity contribution in [1.29, 1.82) is 0 Å². The summed E-state index contributed by atoms with van der Waals surface area (Å²) in [6.45, 7) is 6.57. The summed E-state index contributed by atoms with van der Waals surface area (Å²) in [6.07, 6.45) is 2.12. The lowest BCUT2D eigenvalue weighted by Crippen LogP contribution is -2.25. The van der Waals surface area contributed by atoms with E-state index in [4.69, 9.17) is 0 Å². The van der Waals surface area contributed by atoms with Gasteiger partial charge in [-0.15, -0.1) is 0 Å². The smallest absolute Gasteiger partial charge is 0.0695 e. The van der Waals surface area contributed by atoms with Gasteiger partial charge >= 0.3 is 0 Å². The summed E-state index contributed by atoms with van der Waals surface area (Å²) < 4.78 is 2.24. The molecule has 3 aromatic rings. The van der Waals surface area contributed by atoms with Crippen LogP contribution < -0.4 is 5.32 Å². The molecule has 1 aromatic carbocycles. The SMILES string of the molecule is CC(C)(C)Nc1c2ccccc2n2ccccc12. The van der Waals surface area contributed by atoms with Crippen molar-refractivity contribution in [3.05, 3.63) is 48.7 Å². The molecule has 0 bridgehead atoms. The van der Waals surface area contributed by atoms with Crippen LogP contribution in [0.1, 0.15) is 20.8 Å². The van der Waals surface area contributed by atoms with Crippen molar-refractivity contribution in [2.24, 2.45) is 0 Å². The molecule has 1 N–H and O–H groups in total. The van der Waals surface area contributed by atoms with E-state index in [1.165, 1.54) is 22.1 Å². The van der Waals surface area contributed by atoms with Gasteiger partial charge in [-0.25, -0.2) is 0 Å². The molecule has 0 aliphatic heterocycles. The molecule has 92 valence electrons. The van der Waals surface area contributed by atoms with Crippen LogP contribution in [0.3, 0.4) is 0 Å². The van der Waals surface area contributed by atoms with Gasteiger partial charge < -0.3 is 9.72 Å². The van der Waals surface area contributed by atoms with Crippen LogP contribution in [-0.2, 0) is 0 Å². The van der Waals surface area contributed by atoms with Crippen molar-refractivity contribution in [3.8, 4) is 0 Å². The molecule has 2 aromatic heterocycles. The normalized spacial score (nSPS) is 12.2. The minimum absolute atomic E-state index is 0.0560. The van der Waals surface area contributed by atoms with E-state index in [-0.39, 0.29) is 5.54 Å². The fourth-order valence-corrected chi connectivity index (χ4v) is 2.40. The third-order valence-electron chi connectivity index (χ3n) is 3.05. The molecule has 2 nitrogen and oxygen atoms in total. The Morgan fingerprint density at radius 1 is 0.889 bits per heavy atom. The summed E-state index contributed by atoms with van der Waals surface area (Å²) in [4.78, 5) is 0. The first-order valence-corrected chi connectivity index (χ1v) is 6.32. The maximum absolute atomic E-state index is 3.63. The number of fused-ring (bicyclic) bond motifs is 3. The minimum atomic E-state index is 0.0560. The number of rotatable bonds is 1. The number of para-hydroxylation sites is 1. The lowest BCUT2D eigenvalue weighted by Gasteiger charge is -2.22. The van der Waals surface area contributed by atoms with E-state index < -0.39 is 0 Å². The van der Waals surface area contributed by atoms with Crippen LogP contribution in [0.4, 0.5) is 5.69 Å². The molecule has 2 heteroatoms. The second-order valence-corrected chi connectivity index (χ2v) is 5.72. The van der Waals surface area contributed by atoms with Gasteiger partial charge in [0.2, 0.25) is 0 Å². The number of nitrogens with zero attached hydrogens (tertiary/aromatic N) is 1. The number of benzene rings is 1. The second-order valence-electron chi connectivity index (χ2n) is 5.72. The number of pyridine rings is 1. The highest BCUT2D eigenvalue weighted by Crippen LogP contribution is 2.32. The fraction of sp³-hybridized carbons (Fsp3) is 0.250. The molecule has 0 radical (unpaired) electrons. The van der Waals surface area contributed by atoms with E-state index in [0.29, 0.717) is 0 Å². The Morgan fingerprint density at radius 3 is 2.33 bits per heavy atom. The molecule has 0 aliphatic carbocycles. The Morgan fingerprint density at radius 2 is 1.56 bits per heavy atom. The van der Waals surface area contributed by atoms with Crippen molar-refractivity contribution in [2.45, 2.75) is 26.3 Å².